The summed E-state index contributed by atoms with van der Waals surface area (Å²) in [5, 5.41) is 18.4. The van der Waals surface area contributed by atoms with Gasteiger partial charge >= 0.3 is 63.4 Å². The number of amides is 4. The number of nitrogens with one attached hydrogen (secondary N) is 1. The first-order chi connectivity index (χ1) is 30.2. The smallest absolute Gasteiger partial charge is 0.634 e. The van der Waals surface area contributed by atoms with Crippen molar-refractivity contribution in [2.75, 3.05) is 47.9 Å². The van der Waals surface area contributed by atoms with Crippen LogP contribution in [0.4, 0.5) is 4.79 Å². The van der Waals surface area contributed by atoms with E-state index in [-0.39, 0.29) is 112 Å². The number of benzene rings is 1. The van der Waals surface area contributed by atoms with Crippen molar-refractivity contribution in [2.45, 2.75) is 171 Å². The van der Waals surface area contributed by atoms with E-state index in [9.17, 15) is 29.1 Å². The third kappa shape index (κ3) is 21.8. The average molecular weight is 947 g/mol. The van der Waals surface area contributed by atoms with Gasteiger partial charge in [-0.1, -0.05) is 138 Å². The Balaban J connectivity index is 0. The van der Waals surface area contributed by atoms with Crippen molar-refractivity contribution in [1.29, 1.82) is 0 Å². The number of aliphatic hydroxyl groups is 1. The zero-order valence-electron chi connectivity index (χ0n) is 43.2. The van der Waals surface area contributed by atoms with Gasteiger partial charge in [-0.2, -0.15) is 0 Å². The minimum Gasteiger partial charge on any atom is -0.634 e. The van der Waals surface area contributed by atoms with Crippen molar-refractivity contribution in [1.82, 2.24) is 20.0 Å². The molecule has 1 aliphatic rings. The number of carbonyl (C=O) groups is 5. The molecular formula is C48H87KN6O10. The first-order valence-electron chi connectivity index (χ1n) is 23.3. The van der Waals surface area contributed by atoms with Gasteiger partial charge in [0.05, 0.1) is 55.3 Å². The molecule has 65 heavy (non-hydrogen) atoms. The van der Waals surface area contributed by atoms with Crippen LogP contribution in [0, 0.1) is 23.7 Å². The fraction of sp³-hybridized carbons (Fsp3) is 0.771. The van der Waals surface area contributed by atoms with Gasteiger partial charge in [-0.25, -0.2) is 4.79 Å². The number of methoxy groups -OCH3 is 2. The number of hydrogen-bond donors (Lipinski definition) is 3. The quantitative estimate of drug-likeness (QED) is 0.0816. The van der Waals surface area contributed by atoms with Crippen molar-refractivity contribution in [3.05, 3.63) is 41.2 Å². The standard InChI is InChI=1S/C42H71N6O10.2C3H8.K/c1-13-27(6)36(46(9)34(50)24-44-39(25(2)3)47(10)42(54)58-41(26(4)5)57-35(51)23-43)32(55-11)22-33(49)48-21-17-20-31(48)38(56-12)28(7)40(53)45-29(8)37(52)30-18-15-14-16-19-30;2*1-3-2;/h14-16,18-19,25-29,31-32,36-39,41,52H,13,17,20-24,43H2,1-12H3,(H,45,53);2*3H2,1-2H3;/q-1;;;+1. The molecule has 1 saturated heterocycles. The SMILES string of the molecule is CCC.CCC.CCC(C)C(C(CC(=O)N1CCCC1C(OC)C(C)C(=O)NC(C)C(O)c1ccccc1)OC)N(C)C(=O)C[N-]C(C(C)C)N(C)C(=O)OC(OC(=O)CN)C(C)C.[K+]. The van der Waals surface area contributed by atoms with Crippen LogP contribution in [0.5, 0.6) is 0 Å². The van der Waals surface area contributed by atoms with Crippen LogP contribution in [0.2, 0.25) is 0 Å². The summed E-state index contributed by atoms with van der Waals surface area (Å²) in [6.45, 7) is 23.1. The van der Waals surface area contributed by atoms with Crippen LogP contribution in [0.15, 0.2) is 30.3 Å². The summed E-state index contributed by atoms with van der Waals surface area (Å²) in [4.78, 5) is 71.0. The Kier molecular flexibility index (Phi) is 34.9. The molecular weight excluding hydrogens is 860 g/mol. The Morgan fingerprint density at radius 3 is 1.92 bits per heavy atom. The molecule has 0 spiro atoms. The van der Waals surface area contributed by atoms with Gasteiger partial charge in [0.15, 0.2) is 0 Å². The topological polar surface area (TPSA) is 204 Å². The minimum atomic E-state index is -1.15. The number of ether oxygens (including phenoxy) is 4. The maximum atomic E-state index is 14.1. The molecule has 16 nitrogen and oxygen atoms in total. The van der Waals surface area contributed by atoms with Crippen LogP contribution < -0.4 is 62.4 Å². The molecule has 17 heteroatoms. The monoisotopic (exact) mass is 947 g/mol. The number of hydrogen-bond acceptors (Lipinski definition) is 11. The largest absolute Gasteiger partial charge is 1.00 e. The summed E-state index contributed by atoms with van der Waals surface area (Å²) in [5.74, 6) is -2.72. The van der Waals surface area contributed by atoms with Crippen LogP contribution in [0.25, 0.3) is 5.32 Å². The van der Waals surface area contributed by atoms with E-state index in [0.717, 1.165) is 6.42 Å². The van der Waals surface area contributed by atoms with Crippen molar-refractivity contribution in [3.8, 4) is 0 Å². The molecule has 1 aliphatic heterocycles. The first-order valence-corrected chi connectivity index (χ1v) is 23.3. The normalized spacial score (nSPS) is 17.5. The summed E-state index contributed by atoms with van der Waals surface area (Å²) in [7, 11) is 6.23. The molecule has 1 heterocycles. The zero-order chi connectivity index (χ0) is 49.3. The number of rotatable bonds is 23. The average Bonchev–Trinajstić information content (AvgIpc) is 3.75. The molecule has 370 valence electrons. The van der Waals surface area contributed by atoms with Crippen molar-refractivity contribution in [2.24, 2.45) is 29.4 Å². The van der Waals surface area contributed by atoms with Crippen molar-refractivity contribution in [3.63, 3.8) is 0 Å². The predicted octanol–water partition coefficient (Wildman–Crippen LogP) is 3.89. The maximum Gasteiger partial charge on any atom is 1.00 e. The van der Waals surface area contributed by atoms with Crippen molar-refractivity contribution >= 4 is 29.8 Å². The van der Waals surface area contributed by atoms with E-state index in [1.54, 1.807) is 56.7 Å². The molecule has 1 fully saturated rings. The number of likely N-dealkylation sites (tertiary alicyclic amines) is 1. The van der Waals surface area contributed by atoms with Gasteiger partial charge < -0.3 is 55.1 Å². The second-order valence-corrected chi connectivity index (χ2v) is 17.5. The number of likely N-dealkylation sites (N-methyl/N-ethyl adjacent to an activating group) is 1. The number of carbonyl (C=O) groups excluding carboxylic acids is 5. The molecule has 0 saturated carbocycles. The number of nitrogens with zero attached hydrogens (tertiary/aromatic N) is 4. The van der Waals surface area contributed by atoms with E-state index >= 15 is 0 Å². The third-order valence-corrected chi connectivity index (χ3v) is 11.2. The number of esters is 1. The molecule has 0 bridgehead atoms. The van der Waals surface area contributed by atoms with Gasteiger partial charge in [-0.15, -0.1) is 0 Å². The Labute approximate surface area is 434 Å². The molecule has 0 radical (unpaired) electrons. The molecule has 10 atom stereocenters. The van der Waals surface area contributed by atoms with Crippen LogP contribution in [-0.2, 0) is 38.1 Å². The number of aliphatic hydroxyl groups excluding tert-OH is 1. The second-order valence-electron chi connectivity index (χ2n) is 17.5. The zero-order valence-corrected chi connectivity index (χ0v) is 46.3. The van der Waals surface area contributed by atoms with Gasteiger partial charge in [0.1, 0.15) is 0 Å². The summed E-state index contributed by atoms with van der Waals surface area (Å²) < 4.78 is 22.5. The van der Waals surface area contributed by atoms with E-state index < -0.39 is 60.8 Å². The Morgan fingerprint density at radius 2 is 1.45 bits per heavy atom. The molecule has 0 aromatic heterocycles. The van der Waals surface area contributed by atoms with Gasteiger partial charge in [-0.05, 0) is 37.2 Å². The molecule has 10 unspecified atom stereocenters. The van der Waals surface area contributed by atoms with Crippen LogP contribution in [-0.4, -0.2) is 140 Å². The molecule has 1 aromatic carbocycles. The molecule has 2 rings (SSSR count). The summed E-state index contributed by atoms with van der Waals surface area (Å²) >= 11 is 0. The minimum absolute atomic E-state index is 0. The molecule has 0 aliphatic carbocycles. The summed E-state index contributed by atoms with van der Waals surface area (Å²) in [6.07, 6.45) is -0.266. The van der Waals surface area contributed by atoms with Gasteiger partial charge in [0.25, 0.3) is 6.29 Å². The van der Waals surface area contributed by atoms with Crippen molar-refractivity contribution < 1.29 is 99.4 Å². The van der Waals surface area contributed by atoms with Crippen LogP contribution in [0.3, 0.4) is 0 Å². The number of nitrogens with two attached hydrogens (primary N) is 1. The molecule has 1 aromatic rings. The van der Waals surface area contributed by atoms with E-state index in [2.05, 4.69) is 38.3 Å². The third-order valence-electron chi connectivity index (χ3n) is 11.2. The Bertz CT molecular complexity index is 1490. The van der Waals surface area contributed by atoms with E-state index in [1.165, 1.54) is 39.0 Å². The van der Waals surface area contributed by atoms with E-state index in [4.69, 9.17) is 24.7 Å². The summed E-state index contributed by atoms with van der Waals surface area (Å²) in [5.41, 5.74) is 6.06. The first kappa shape index (κ1) is 64.9. The summed E-state index contributed by atoms with van der Waals surface area (Å²) in [6, 6.07) is 7.70. The van der Waals surface area contributed by atoms with Gasteiger partial charge in [0.2, 0.25) is 17.7 Å². The molecule has 4 N–H and O–H groups in total. The van der Waals surface area contributed by atoms with E-state index in [0.29, 0.717) is 24.9 Å². The Morgan fingerprint density at radius 1 is 0.877 bits per heavy atom. The van der Waals surface area contributed by atoms with Gasteiger partial charge in [-0.3, -0.25) is 19.2 Å². The van der Waals surface area contributed by atoms with Gasteiger partial charge in [0, 0.05) is 40.8 Å². The maximum absolute atomic E-state index is 14.1. The second kappa shape index (κ2) is 35.0. The molecule has 4 amide bonds. The Hall–Kier alpha value is -2.19. The van der Waals surface area contributed by atoms with E-state index in [1.807, 2.05) is 45.9 Å². The predicted molar refractivity (Wildman–Crippen MR) is 252 cm³/mol. The fourth-order valence-electron chi connectivity index (χ4n) is 7.53. The fourth-order valence-corrected chi connectivity index (χ4v) is 7.53. The van der Waals surface area contributed by atoms with Crippen LogP contribution >= 0.6 is 0 Å². The van der Waals surface area contributed by atoms with Crippen LogP contribution in [0.1, 0.15) is 133 Å².